The van der Waals surface area contributed by atoms with Crippen LogP contribution in [0.5, 0.6) is 0 Å². The smallest absolute Gasteiger partial charge is 0.129 e. The summed E-state index contributed by atoms with van der Waals surface area (Å²) in [5.74, 6) is 0.674. The Hall–Kier alpha value is -0.0200. The second-order valence-electron chi connectivity index (χ2n) is 3.28. The highest BCUT2D eigenvalue weighted by Crippen LogP contribution is 2.39. The predicted octanol–water partition coefficient (Wildman–Crippen LogP) is 2.99. The quantitative estimate of drug-likeness (QED) is 0.825. The molecule has 0 aromatic carbocycles. The minimum Gasteiger partial charge on any atom is -0.324 e. The number of nitrogens with two attached hydrogens (primary N) is 1. The van der Waals surface area contributed by atoms with Crippen molar-refractivity contribution in [2.24, 2.45) is 11.7 Å². The summed E-state index contributed by atoms with van der Waals surface area (Å²) < 4.78 is 0. The lowest BCUT2D eigenvalue weighted by Gasteiger charge is -2.08. The van der Waals surface area contributed by atoms with Crippen LogP contribution in [0, 0.1) is 5.92 Å². The first-order valence-corrected chi connectivity index (χ1v) is 4.52. The Balaban J connectivity index is 0.000000845. The minimum atomic E-state index is 0. The fourth-order valence-corrected chi connectivity index (χ4v) is 1.42. The van der Waals surface area contributed by atoms with Gasteiger partial charge in [0, 0.05) is 12.2 Å². The van der Waals surface area contributed by atoms with Crippen LogP contribution < -0.4 is 5.73 Å². The van der Waals surface area contributed by atoms with Gasteiger partial charge in [0.25, 0.3) is 0 Å². The highest BCUT2D eigenvalue weighted by Gasteiger charge is 2.29. The van der Waals surface area contributed by atoms with Gasteiger partial charge in [-0.05, 0) is 30.4 Å². The molecule has 1 aromatic rings. The summed E-state index contributed by atoms with van der Waals surface area (Å²) in [5.41, 5.74) is 7.07. The number of rotatable bonds is 2. The first kappa shape index (κ1) is 14.0. The van der Waals surface area contributed by atoms with Gasteiger partial charge in [0.2, 0.25) is 0 Å². The van der Waals surface area contributed by atoms with Gasteiger partial charge in [0.15, 0.2) is 0 Å². The van der Waals surface area contributed by atoms with Crippen molar-refractivity contribution in [2.75, 3.05) is 0 Å². The van der Waals surface area contributed by atoms with Gasteiger partial charge in [-0.15, -0.1) is 24.8 Å². The van der Waals surface area contributed by atoms with Crippen LogP contribution in [0.25, 0.3) is 0 Å². The summed E-state index contributed by atoms with van der Waals surface area (Å²) in [6.07, 6.45) is 4.28. The molecule has 1 fully saturated rings. The second kappa shape index (κ2) is 5.76. The van der Waals surface area contributed by atoms with Gasteiger partial charge in [-0.2, -0.15) is 0 Å². The third-order valence-electron chi connectivity index (χ3n) is 2.27. The molecular formula is C9H13Cl3N2. The molecule has 5 heteroatoms. The topological polar surface area (TPSA) is 38.9 Å². The van der Waals surface area contributed by atoms with E-state index in [4.69, 9.17) is 17.3 Å². The molecule has 0 amide bonds. The average molecular weight is 256 g/mol. The van der Waals surface area contributed by atoms with Crippen molar-refractivity contribution >= 4 is 36.4 Å². The molecular weight excluding hydrogens is 242 g/mol. The zero-order valence-corrected chi connectivity index (χ0v) is 9.91. The fourth-order valence-electron chi connectivity index (χ4n) is 1.31. The number of hydrogen-bond acceptors (Lipinski definition) is 2. The highest BCUT2D eigenvalue weighted by molar-refractivity contribution is 6.29. The summed E-state index contributed by atoms with van der Waals surface area (Å²) in [7, 11) is 0. The molecule has 2 nitrogen and oxygen atoms in total. The molecule has 2 N–H and O–H groups in total. The maximum absolute atomic E-state index is 5.97. The Morgan fingerprint density at radius 2 is 2.00 bits per heavy atom. The summed E-state index contributed by atoms with van der Waals surface area (Å²) >= 11 is 5.66. The normalized spacial score (nSPS) is 16.4. The number of pyridine rings is 1. The lowest BCUT2D eigenvalue weighted by molar-refractivity contribution is 0.631. The van der Waals surface area contributed by atoms with Crippen LogP contribution in [0.1, 0.15) is 24.4 Å². The van der Waals surface area contributed by atoms with Crippen LogP contribution in [0.3, 0.4) is 0 Å². The average Bonchev–Trinajstić information content (AvgIpc) is 2.87. The number of hydrogen-bond donors (Lipinski definition) is 1. The van der Waals surface area contributed by atoms with Crippen molar-refractivity contribution in [3.8, 4) is 0 Å². The van der Waals surface area contributed by atoms with E-state index in [1.807, 2.05) is 6.07 Å². The molecule has 0 spiro atoms. The molecule has 1 atom stereocenters. The SMILES string of the molecule is Cl.Cl.NC(c1ccc(Cl)nc1)C1CC1. The molecule has 1 aromatic heterocycles. The van der Waals surface area contributed by atoms with E-state index in [0.717, 1.165) is 5.56 Å². The molecule has 0 aliphatic heterocycles. The van der Waals surface area contributed by atoms with Crippen LogP contribution in [0.15, 0.2) is 18.3 Å². The third kappa shape index (κ3) is 3.28. The lowest BCUT2D eigenvalue weighted by atomic mass is 10.1. The van der Waals surface area contributed by atoms with E-state index < -0.39 is 0 Å². The van der Waals surface area contributed by atoms with E-state index in [2.05, 4.69) is 4.98 Å². The summed E-state index contributed by atoms with van der Waals surface area (Å²) in [6, 6.07) is 3.91. The first-order chi connectivity index (χ1) is 5.77. The minimum absolute atomic E-state index is 0. The Kier molecular flexibility index (Phi) is 5.75. The van der Waals surface area contributed by atoms with E-state index in [0.29, 0.717) is 11.1 Å². The predicted molar refractivity (Wildman–Crippen MR) is 63.4 cm³/mol. The molecule has 1 aliphatic rings. The Morgan fingerprint density at radius 1 is 1.36 bits per heavy atom. The molecule has 0 radical (unpaired) electrons. The van der Waals surface area contributed by atoms with E-state index in [-0.39, 0.29) is 30.9 Å². The molecule has 1 saturated carbocycles. The zero-order valence-electron chi connectivity index (χ0n) is 7.52. The first-order valence-electron chi connectivity index (χ1n) is 4.14. The number of nitrogens with zero attached hydrogens (tertiary/aromatic N) is 1. The van der Waals surface area contributed by atoms with E-state index in [1.54, 1.807) is 12.3 Å². The van der Waals surface area contributed by atoms with E-state index >= 15 is 0 Å². The van der Waals surface area contributed by atoms with Gasteiger partial charge >= 0.3 is 0 Å². The molecule has 0 saturated heterocycles. The van der Waals surface area contributed by atoms with E-state index in [9.17, 15) is 0 Å². The molecule has 14 heavy (non-hydrogen) atoms. The molecule has 1 heterocycles. The monoisotopic (exact) mass is 254 g/mol. The van der Waals surface area contributed by atoms with Crippen LogP contribution in [-0.2, 0) is 0 Å². The van der Waals surface area contributed by atoms with E-state index in [1.165, 1.54) is 12.8 Å². The summed E-state index contributed by atoms with van der Waals surface area (Å²) in [5, 5.41) is 0.529. The maximum Gasteiger partial charge on any atom is 0.129 e. The van der Waals surface area contributed by atoms with Gasteiger partial charge in [0.05, 0.1) is 0 Å². The van der Waals surface area contributed by atoms with Gasteiger partial charge in [-0.25, -0.2) is 4.98 Å². The Bertz CT molecular complexity index is 272. The molecule has 2 rings (SSSR count). The van der Waals surface area contributed by atoms with Gasteiger partial charge in [0.1, 0.15) is 5.15 Å². The molecule has 1 aliphatic carbocycles. The third-order valence-corrected chi connectivity index (χ3v) is 2.49. The Morgan fingerprint density at radius 3 is 2.43 bits per heavy atom. The van der Waals surface area contributed by atoms with Crippen LogP contribution in [-0.4, -0.2) is 4.98 Å². The van der Waals surface area contributed by atoms with Gasteiger partial charge < -0.3 is 5.73 Å². The molecule has 1 unspecified atom stereocenters. The number of aromatic nitrogens is 1. The Labute approximate surface area is 101 Å². The summed E-state index contributed by atoms with van der Waals surface area (Å²) in [6.45, 7) is 0. The highest BCUT2D eigenvalue weighted by atomic mass is 35.5. The van der Waals surface area contributed by atoms with Crippen molar-refractivity contribution < 1.29 is 0 Å². The van der Waals surface area contributed by atoms with Crippen molar-refractivity contribution in [3.05, 3.63) is 29.0 Å². The second-order valence-corrected chi connectivity index (χ2v) is 3.66. The van der Waals surface area contributed by atoms with Gasteiger partial charge in [-0.1, -0.05) is 17.7 Å². The van der Waals surface area contributed by atoms with Crippen molar-refractivity contribution in [2.45, 2.75) is 18.9 Å². The maximum atomic E-state index is 5.97. The van der Waals surface area contributed by atoms with Gasteiger partial charge in [-0.3, -0.25) is 0 Å². The lowest BCUT2D eigenvalue weighted by Crippen LogP contribution is -2.12. The van der Waals surface area contributed by atoms with Crippen molar-refractivity contribution in [3.63, 3.8) is 0 Å². The number of halogens is 3. The molecule has 80 valence electrons. The van der Waals surface area contributed by atoms with Crippen LogP contribution >= 0.6 is 36.4 Å². The van der Waals surface area contributed by atoms with Crippen molar-refractivity contribution in [1.29, 1.82) is 0 Å². The zero-order chi connectivity index (χ0) is 8.55. The summed E-state index contributed by atoms with van der Waals surface area (Å²) in [4.78, 5) is 4.00. The largest absolute Gasteiger partial charge is 0.324 e. The van der Waals surface area contributed by atoms with Crippen LogP contribution in [0.4, 0.5) is 0 Å². The van der Waals surface area contributed by atoms with Crippen molar-refractivity contribution in [1.82, 2.24) is 4.98 Å². The standard InChI is InChI=1S/C9H11ClN2.2ClH/c10-8-4-3-7(5-12-8)9(11)6-1-2-6;;/h3-6,9H,1-2,11H2;2*1H. The fraction of sp³-hybridized carbons (Fsp3) is 0.444. The molecule has 0 bridgehead atoms. The van der Waals surface area contributed by atoms with Crippen LogP contribution in [0.2, 0.25) is 5.15 Å².